The summed E-state index contributed by atoms with van der Waals surface area (Å²) >= 11 is 0. The van der Waals surface area contributed by atoms with Crippen molar-refractivity contribution in [3.05, 3.63) is 53.7 Å². The molecule has 4 rings (SSSR count). The molecule has 9 nitrogen and oxygen atoms in total. The van der Waals surface area contributed by atoms with Gasteiger partial charge >= 0.3 is 0 Å². The van der Waals surface area contributed by atoms with Gasteiger partial charge in [0.2, 0.25) is 0 Å². The number of aromatic nitrogens is 6. The number of piperazine rings is 1. The Balaban J connectivity index is 1.45. The van der Waals surface area contributed by atoms with Crippen LogP contribution in [0.1, 0.15) is 41.6 Å². The second kappa shape index (κ2) is 7.94. The summed E-state index contributed by atoms with van der Waals surface area (Å²) in [6.45, 7) is 8.96. The van der Waals surface area contributed by atoms with Crippen LogP contribution in [0.5, 0.6) is 0 Å². The minimum Gasteiger partial charge on any atom is -0.353 e. The predicted octanol–water partition coefficient (Wildman–Crippen LogP) is 1.85. The first kappa shape index (κ1) is 19.0. The average Bonchev–Trinajstić information content (AvgIpc) is 3.28. The van der Waals surface area contributed by atoms with Gasteiger partial charge in [-0.1, -0.05) is 19.9 Å². The third-order valence-electron chi connectivity index (χ3n) is 4.97. The molecule has 1 saturated heterocycles. The molecular weight excluding hydrogens is 368 g/mol. The monoisotopic (exact) mass is 392 g/mol. The van der Waals surface area contributed by atoms with E-state index in [2.05, 4.69) is 39.3 Å². The van der Waals surface area contributed by atoms with Crippen molar-refractivity contribution in [2.45, 2.75) is 26.7 Å². The molecule has 0 atom stereocenters. The first-order valence-electron chi connectivity index (χ1n) is 9.74. The van der Waals surface area contributed by atoms with Crippen molar-refractivity contribution in [1.29, 1.82) is 0 Å². The Morgan fingerprint density at radius 2 is 1.86 bits per heavy atom. The predicted molar refractivity (Wildman–Crippen MR) is 108 cm³/mol. The summed E-state index contributed by atoms with van der Waals surface area (Å²) in [5.41, 5.74) is 2.36. The molecule has 9 heteroatoms. The van der Waals surface area contributed by atoms with Gasteiger partial charge < -0.3 is 9.80 Å². The summed E-state index contributed by atoms with van der Waals surface area (Å²) in [5, 5.41) is 11.2. The number of hydrogen-bond acceptors (Lipinski definition) is 7. The van der Waals surface area contributed by atoms with Gasteiger partial charge in [-0.25, -0.2) is 14.6 Å². The van der Waals surface area contributed by atoms with Gasteiger partial charge in [0.05, 0.1) is 5.69 Å². The molecule has 150 valence electrons. The van der Waals surface area contributed by atoms with Crippen molar-refractivity contribution in [3.8, 4) is 5.69 Å². The fraction of sp³-hybridized carbons (Fsp3) is 0.400. The van der Waals surface area contributed by atoms with E-state index in [1.54, 1.807) is 4.68 Å². The smallest absolute Gasteiger partial charge is 0.254 e. The molecule has 1 fully saturated rings. The normalized spacial score (nSPS) is 14.5. The lowest BCUT2D eigenvalue weighted by Crippen LogP contribution is -2.49. The number of carbonyl (C=O) groups excluding carboxylic acids is 1. The number of hydrogen-bond donors (Lipinski definition) is 0. The van der Waals surface area contributed by atoms with Gasteiger partial charge in [0.1, 0.15) is 18.0 Å². The van der Waals surface area contributed by atoms with Crippen LogP contribution in [-0.2, 0) is 0 Å². The Hall–Kier alpha value is -3.36. The fourth-order valence-electron chi connectivity index (χ4n) is 3.38. The van der Waals surface area contributed by atoms with Crippen molar-refractivity contribution in [2.75, 3.05) is 31.1 Å². The first-order valence-corrected chi connectivity index (χ1v) is 9.74. The molecule has 0 aliphatic carbocycles. The quantitative estimate of drug-likeness (QED) is 0.669. The van der Waals surface area contributed by atoms with E-state index in [9.17, 15) is 4.79 Å². The van der Waals surface area contributed by atoms with Crippen molar-refractivity contribution >= 4 is 11.7 Å². The first-order chi connectivity index (χ1) is 14.0. The van der Waals surface area contributed by atoms with Gasteiger partial charge in [0.15, 0.2) is 0 Å². The highest BCUT2D eigenvalue weighted by Crippen LogP contribution is 2.20. The van der Waals surface area contributed by atoms with Crippen LogP contribution in [0.4, 0.5) is 5.82 Å². The highest BCUT2D eigenvalue weighted by molar-refractivity contribution is 5.95. The van der Waals surface area contributed by atoms with Crippen LogP contribution in [0.25, 0.3) is 5.69 Å². The van der Waals surface area contributed by atoms with E-state index < -0.39 is 0 Å². The third kappa shape index (κ3) is 4.08. The second-order valence-corrected chi connectivity index (χ2v) is 7.46. The average molecular weight is 392 g/mol. The summed E-state index contributed by atoms with van der Waals surface area (Å²) in [4.78, 5) is 26.3. The minimum absolute atomic E-state index is 0.0151. The lowest BCUT2D eigenvalue weighted by molar-refractivity contribution is 0.0746. The Morgan fingerprint density at radius 3 is 2.55 bits per heavy atom. The third-order valence-corrected chi connectivity index (χ3v) is 4.97. The minimum atomic E-state index is 0.0151. The van der Waals surface area contributed by atoms with Crippen LogP contribution in [0.2, 0.25) is 0 Å². The number of nitrogens with zero attached hydrogens (tertiary/aromatic N) is 8. The molecule has 0 saturated carbocycles. The molecule has 3 heterocycles. The number of tetrazole rings is 1. The molecular formula is C20H24N8O. The number of rotatable bonds is 4. The van der Waals surface area contributed by atoms with E-state index in [1.807, 2.05) is 42.2 Å². The van der Waals surface area contributed by atoms with Crippen LogP contribution in [-0.4, -0.2) is 67.2 Å². The van der Waals surface area contributed by atoms with E-state index in [0.29, 0.717) is 18.7 Å². The summed E-state index contributed by atoms with van der Waals surface area (Å²) < 4.78 is 1.54. The number of carbonyl (C=O) groups is 1. The zero-order chi connectivity index (χ0) is 20.4. The Morgan fingerprint density at radius 1 is 1.07 bits per heavy atom. The van der Waals surface area contributed by atoms with Gasteiger partial charge in [-0.2, -0.15) is 0 Å². The zero-order valence-electron chi connectivity index (χ0n) is 16.9. The summed E-state index contributed by atoms with van der Waals surface area (Å²) in [6.07, 6.45) is 1.51. The lowest BCUT2D eigenvalue weighted by Gasteiger charge is -2.35. The largest absolute Gasteiger partial charge is 0.353 e. The maximum Gasteiger partial charge on any atom is 0.254 e. The van der Waals surface area contributed by atoms with Crippen molar-refractivity contribution < 1.29 is 4.79 Å². The standard InChI is InChI=1S/C20H24N8O/c1-14(2)19-22-15(3)11-18(23-19)26-7-9-27(10-8-26)20(29)16-5-4-6-17(12-16)28-13-21-24-25-28/h4-6,11-14H,7-10H2,1-3H3. The zero-order valence-corrected chi connectivity index (χ0v) is 16.9. The van der Waals surface area contributed by atoms with Gasteiger partial charge in [0, 0.05) is 49.4 Å². The highest BCUT2D eigenvalue weighted by Gasteiger charge is 2.24. The van der Waals surface area contributed by atoms with Crippen LogP contribution in [0.3, 0.4) is 0 Å². The Kier molecular flexibility index (Phi) is 5.20. The summed E-state index contributed by atoms with van der Waals surface area (Å²) in [6, 6.07) is 9.37. The molecule has 1 amide bonds. The molecule has 1 aliphatic heterocycles. The van der Waals surface area contributed by atoms with E-state index in [-0.39, 0.29) is 11.8 Å². The topological polar surface area (TPSA) is 92.9 Å². The van der Waals surface area contributed by atoms with Gasteiger partial charge in [-0.3, -0.25) is 4.79 Å². The SMILES string of the molecule is Cc1cc(N2CCN(C(=O)c3cccc(-n4cnnn4)c3)CC2)nc(C(C)C)n1. The van der Waals surface area contributed by atoms with Gasteiger partial charge in [-0.15, -0.1) is 5.10 Å². The number of amides is 1. The van der Waals surface area contributed by atoms with E-state index in [0.717, 1.165) is 36.1 Å². The van der Waals surface area contributed by atoms with E-state index >= 15 is 0 Å². The van der Waals surface area contributed by atoms with Crippen LogP contribution >= 0.6 is 0 Å². The molecule has 29 heavy (non-hydrogen) atoms. The molecule has 0 spiro atoms. The van der Waals surface area contributed by atoms with E-state index in [1.165, 1.54) is 6.33 Å². The lowest BCUT2D eigenvalue weighted by atomic mass is 10.1. The molecule has 3 aromatic rings. The van der Waals surface area contributed by atoms with Crippen molar-refractivity contribution in [2.24, 2.45) is 0 Å². The van der Waals surface area contributed by atoms with E-state index in [4.69, 9.17) is 4.98 Å². The number of anilines is 1. The molecule has 0 unspecified atom stereocenters. The summed E-state index contributed by atoms with van der Waals surface area (Å²) in [7, 11) is 0. The number of aryl methyl sites for hydroxylation is 1. The second-order valence-electron chi connectivity index (χ2n) is 7.46. The van der Waals surface area contributed by atoms with Gasteiger partial charge in [0.25, 0.3) is 5.91 Å². The molecule has 1 aromatic carbocycles. The van der Waals surface area contributed by atoms with Crippen molar-refractivity contribution in [3.63, 3.8) is 0 Å². The number of benzene rings is 1. The Labute approximate surface area is 169 Å². The highest BCUT2D eigenvalue weighted by atomic mass is 16.2. The summed E-state index contributed by atoms with van der Waals surface area (Å²) in [5.74, 6) is 2.09. The maximum absolute atomic E-state index is 13.0. The maximum atomic E-state index is 13.0. The fourth-order valence-corrected chi connectivity index (χ4v) is 3.38. The van der Waals surface area contributed by atoms with Crippen LogP contribution in [0.15, 0.2) is 36.7 Å². The van der Waals surface area contributed by atoms with Gasteiger partial charge in [-0.05, 0) is 35.5 Å². The van der Waals surface area contributed by atoms with Crippen LogP contribution in [0, 0.1) is 6.92 Å². The molecule has 0 radical (unpaired) electrons. The van der Waals surface area contributed by atoms with Crippen molar-refractivity contribution in [1.82, 2.24) is 35.1 Å². The molecule has 0 N–H and O–H groups in total. The molecule has 1 aliphatic rings. The Bertz CT molecular complexity index is 993. The van der Waals surface area contributed by atoms with Crippen LogP contribution < -0.4 is 4.90 Å². The molecule has 2 aromatic heterocycles. The molecule has 0 bridgehead atoms.